The van der Waals surface area contributed by atoms with Crippen molar-refractivity contribution in [1.29, 1.82) is 0 Å². The summed E-state index contributed by atoms with van der Waals surface area (Å²) < 4.78 is 11.1. The summed E-state index contributed by atoms with van der Waals surface area (Å²) in [5, 5.41) is 0. The van der Waals surface area contributed by atoms with Crippen LogP contribution in [0.25, 0.3) is 0 Å². The lowest BCUT2D eigenvalue weighted by molar-refractivity contribution is -0.870. The summed E-state index contributed by atoms with van der Waals surface area (Å²) in [4.78, 5) is 0. The smallest absolute Gasteiger partial charge is 0.102 e. The molecule has 0 rings (SSSR count). The fraction of sp³-hybridized carbons (Fsp3) is 1.00. The molecule has 0 aliphatic carbocycles. The Bertz CT molecular complexity index is 88.6. The summed E-state index contributed by atoms with van der Waals surface area (Å²) in [6, 6.07) is 0. The van der Waals surface area contributed by atoms with Crippen molar-refractivity contribution in [2.75, 3.05) is 54.6 Å². The molecule has 3 heteroatoms. The summed E-state index contributed by atoms with van der Waals surface area (Å²) in [7, 11) is 8.14. The molecular formula is C8H20NO2+. The second-order valence-electron chi connectivity index (χ2n) is 3.62. The molecule has 0 aromatic heterocycles. The van der Waals surface area contributed by atoms with Crippen molar-refractivity contribution < 1.29 is 14.0 Å². The van der Waals surface area contributed by atoms with Crippen LogP contribution in [0.4, 0.5) is 0 Å². The van der Waals surface area contributed by atoms with Crippen LogP contribution in [0.2, 0.25) is 0 Å². The maximum absolute atomic E-state index is 5.31. The van der Waals surface area contributed by atoms with Crippen molar-refractivity contribution in [3.63, 3.8) is 0 Å². The summed E-state index contributed by atoms with van der Waals surface area (Å²) in [6.07, 6.45) is 0. The summed E-state index contributed by atoms with van der Waals surface area (Å²) >= 11 is 0. The van der Waals surface area contributed by atoms with Crippen LogP contribution in [0.5, 0.6) is 0 Å². The molecule has 0 saturated heterocycles. The summed E-state index contributed by atoms with van der Waals surface area (Å²) in [5.74, 6) is 0. The van der Waals surface area contributed by atoms with Gasteiger partial charge in [-0.25, -0.2) is 0 Å². The SMILES string of the molecule is COCCOCC[N+](C)(C)C. The molecule has 0 bridgehead atoms. The van der Waals surface area contributed by atoms with E-state index < -0.39 is 0 Å². The Labute approximate surface area is 69.5 Å². The number of ether oxygens (including phenoxy) is 2. The minimum absolute atomic E-state index is 0.692. The van der Waals surface area contributed by atoms with Gasteiger partial charge in [0.25, 0.3) is 0 Å². The third kappa shape index (κ3) is 9.88. The van der Waals surface area contributed by atoms with Crippen molar-refractivity contribution in [3.8, 4) is 0 Å². The first-order chi connectivity index (χ1) is 5.06. The Morgan fingerprint density at radius 2 is 1.64 bits per heavy atom. The monoisotopic (exact) mass is 162 g/mol. The van der Waals surface area contributed by atoms with E-state index in [4.69, 9.17) is 9.47 Å². The molecule has 0 atom stereocenters. The van der Waals surface area contributed by atoms with E-state index in [1.54, 1.807) is 7.11 Å². The van der Waals surface area contributed by atoms with Crippen molar-refractivity contribution >= 4 is 0 Å². The van der Waals surface area contributed by atoms with Crippen LogP contribution in [0.3, 0.4) is 0 Å². The van der Waals surface area contributed by atoms with Crippen molar-refractivity contribution in [2.24, 2.45) is 0 Å². The predicted molar refractivity (Wildman–Crippen MR) is 45.6 cm³/mol. The Morgan fingerprint density at radius 1 is 1.00 bits per heavy atom. The predicted octanol–water partition coefficient (Wildman–Crippen LogP) is 0.356. The molecule has 11 heavy (non-hydrogen) atoms. The lowest BCUT2D eigenvalue weighted by Crippen LogP contribution is -2.37. The molecule has 0 saturated carbocycles. The minimum atomic E-state index is 0.692. The molecule has 0 unspecified atom stereocenters. The van der Waals surface area contributed by atoms with Gasteiger partial charge in [0.2, 0.25) is 0 Å². The van der Waals surface area contributed by atoms with E-state index in [0.29, 0.717) is 13.2 Å². The number of hydrogen-bond acceptors (Lipinski definition) is 2. The molecule has 0 spiro atoms. The van der Waals surface area contributed by atoms with Crippen LogP contribution >= 0.6 is 0 Å². The van der Waals surface area contributed by atoms with Crippen LogP contribution in [0.1, 0.15) is 0 Å². The molecule has 3 nitrogen and oxygen atoms in total. The first-order valence-electron chi connectivity index (χ1n) is 3.93. The van der Waals surface area contributed by atoms with Crippen LogP contribution in [0.15, 0.2) is 0 Å². The summed E-state index contributed by atoms with van der Waals surface area (Å²) in [5.41, 5.74) is 0. The molecule has 0 amide bonds. The van der Waals surface area contributed by atoms with Crippen molar-refractivity contribution in [3.05, 3.63) is 0 Å². The van der Waals surface area contributed by atoms with Gasteiger partial charge in [-0.3, -0.25) is 0 Å². The Hall–Kier alpha value is -0.120. The Kier molecular flexibility index (Phi) is 5.46. The fourth-order valence-electron chi connectivity index (χ4n) is 0.583. The molecule has 0 heterocycles. The average molecular weight is 162 g/mol. The zero-order valence-electron chi connectivity index (χ0n) is 8.09. The molecule has 0 aliphatic rings. The second-order valence-corrected chi connectivity index (χ2v) is 3.62. The standard InChI is InChI=1S/C8H20NO2/c1-9(2,3)5-6-11-8-7-10-4/h5-8H2,1-4H3/q+1. The van der Waals surface area contributed by atoms with E-state index >= 15 is 0 Å². The van der Waals surface area contributed by atoms with Gasteiger partial charge >= 0.3 is 0 Å². The maximum Gasteiger partial charge on any atom is 0.102 e. The number of hydrogen-bond donors (Lipinski definition) is 0. The highest BCUT2D eigenvalue weighted by Crippen LogP contribution is 1.88. The number of quaternary nitrogens is 1. The van der Waals surface area contributed by atoms with Crippen molar-refractivity contribution in [2.45, 2.75) is 0 Å². The van der Waals surface area contributed by atoms with Gasteiger partial charge in [0, 0.05) is 7.11 Å². The van der Waals surface area contributed by atoms with Gasteiger partial charge in [-0.2, -0.15) is 0 Å². The van der Waals surface area contributed by atoms with Gasteiger partial charge in [0.1, 0.15) is 6.54 Å². The Balaban J connectivity index is 3.02. The average Bonchev–Trinajstić information content (AvgIpc) is 1.85. The van der Waals surface area contributed by atoms with E-state index in [1.165, 1.54) is 0 Å². The number of methoxy groups -OCH3 is 1. The molecule has 0 aliphatic heterocycles. The zero-order valence-corrected chi connectivity index (χ0v) is 8.09. The van der Waals surface area contributed by atoms with Gasteiger partial charge in [-0.15, -0.1) is 0 Å². The molecule has 0 fully saturated rings. The van der Waals surface area contributed by atoms with Crippen molar-refractivity contribution in [1.82, 2.24) is 0 Å². The van der Waals surface area contributed by atoms with Crippen LogP contribution < -0.4 is 0 Å². The van der Waals surface area contributed by atoms with Gasteiger partial charge in [0.15, 0.2) is 0 Å². The Morgan fingerprint density at radius 3 is 2.09 bits per heavy atom. The van der Waals surface area contributed by atoms with Gasteiger partial charge in [-0.1, -0.05) is 0 Å². The van der Waals surface area contributed by atoms with Crippen LogP contribution in [-0.2, 0) is 9.47 Å². The van der Waals surface area contributed by atoms with E-state index in [2.05, 4.69) is 21.1 Å². The molecular weight excluding hydrogens is 142 g/mol. The third-order valence-corrected chi connectivity index (χ3v) is 1.34. The topological polar surface area (TPSA) is 18.5 Å². The lowest BCUT2D eigenvalue weighted by Gasteiger charge is -2.23. The zero-order chi connectivity index (χ0) is 8.74. The highest BCUT2D eigenvalue weighted by molar-refractivity contribution is 4.30. The summed E-state index contributed by atoms with van der Waals surface area (Å²) in [6.45, 7) is 3.25. The normalized spacial score (nSPS) is 12.0. The van der Waals surface area contributed by atoms with Crippen LogP contribution in [0, 0.1) is 0 Å². The van der Waals surface area contributed by atoms with Gasteiger partial charge in [-0.05, 0) is 0 Å². The van der Waals surface area contributed by atoms with E-state index in [0.717, 1.165) is 17.6 Å². The van der Waals surface area contributed by atoms with Crippen LogP contribution in [-0.4, -0.2) is 59.1 Å². The minimum Gasteiger partial charge on any atom is -0.382 e. The quantitative estimate of drug-likeness (QED) is 0.414. The van der Waals surface area contributed by atoms with E-state index in [-0.39, 0.29) is 0 Å². The molecule has 0 aromatic rings. The molecule has 0 aromatic carbocycles. The number of likely N-dealkylation sites (N-methyl/N-ethyl adjacent to an activating group) is 1. The highest BCUT2D eigenvalue weighted by atomic mass is 16.5. The highest BCUT2D eigenvalue weighted by Gasteiger charge is 2.04. The third-order valence-electron chi connectivity index (χ3n) is 1.34. The fourth-order valence-corrected chi connectivity index (χ4v) is 0.583. The van der Waals surface area contributed by atoms with E-state index in [1.807, 2.05) is 0 Å². The second kappa shape index (κ2) is 5.52. The first-order valence-corrected chi connectivity index (χ1v) is 3.93. The maximum atomic E-state index is 5.31. The van der Waals surface area contributed by atoms with Gasteiger partial charge in [0.05, 0.1) is 41.0 Å². The number of rotatable bonds is 6. The van der Waals surface area contributed by atoms with Gasteiger partial charge < -0.3 is 14.0 Å². The first kappa shape index (κ1) is 10.9. The largest absolute Gasteiger partial charge is 0.382 e. The number of nitrogens with zero attached hydrogens (tertiary/aromatic N) is 1. The molecule has 0 radical (unpaired) electrons. The molecule has 0 N–H and O–H groups in total. The van der Waals surface area contributed by atoms with E-state index in [9.17, 15) is 0 Å². The lowest BCUT2D eigenvalue weighted by atomic mass is 10.5. The molecule has 68 valence electrons.